The molecular weight excluding hydrogens is 276 g/mol. The molecule has 1 amide bonds. The standard InChI is InChI=1S/C18H26N2O2/c21-18(8-12-20-10-4-1-5-11-20)19-14-17-16-7-3-2-6-15(16)9-13-22-17/h2-3,6-7,17H,1,4-5,8-14H2,(H,19,21)/t17-/m1/s1. The number of carbonyl (C=O) groups is 1. The summed E-state index contributed by atoms with van der Waals surface area (Å²) in [6, 6.07) is 8.37. The SMILES string of the molecule is O=C(CCN1CCCCC1)NC[C@H]1OCCc2ccccc21. The predicted octanol–water partition coefficient (Wildman–Crippen LogP) is 2.29. The second-order valence-corrected chi connectivity index (χ2v) is 6.26. The normalized spacial score (nSPS) is 22.1. The van der Waals surface area contributed by atoms with Crippen molar-refractivity contribution >= 4 is 5.91 Å². The average Bonchev–Trinajstić information content (AvgIpc) is 2.59. The lowest BCUT2D eigenvalue weighted by Crippen LogP contribution is -2.36. The van der Waals surface area contributed by atoms with Gasteiger partial charge in [0.2, 0.25) is 5.91 Å². The molecule has 1 fully saturated rings. The van der Waals surface area contributed by atoms with E-state index in [1.165, 1.54) is 30.4 Å². The van der Waals surface area contributed by atoms with Crippen LogP contribution in [0.25, 0.3) is 0 Å². The van der Waals surface area contributed by atoms with Gasteiger partial charge in [0, 0.05) is 19.5 Å². The van der Waals surface area contributed by atoms with Gasteiger partial charge in [0.05, 0.1) is 6.61 Å². The van der Waals surface area contributed by atoms with Crippen molar-refractivity contribution in [3.63, 3.8) is 0 Å². The van der Waals surface area contributed by atoms with Crippen LogP contribution in [0, 0.1) is 0 Å². The Morgan fingerprint density at radius 2 is 2.05 bits per heavy atom. The van der Waals surface area contributed by atoms with Crippen molar-refractivity contribution in [1.82, 2.24) is 10.2 Å². The van der Waals surface area contributed by atoms with Crippen molar-refractivity contribution in [2.75, 3.05) is 32.8 Å². The Balaban J connectivity index is 1.43. The first-order valence-corrected chi connectivity index (χ1v) is 8.51. The van der Waals surface area contributed by atoms with Gasteiger partial charge in [-0.3, -0.25) is 4.79 Å². The lowest BCUT2D eigenvalue weighted by molar-refractivity contribution is -0.122. The molecule has 1 atom stereocenters. The molecule has 0 aliphatic carbocycles. The number of nitrogens with one attached hydrogen (secondary N) is 1. The molecule has 4 nitrogen and oxygen atoms in total. The number of hydrogen-bond acceptors (Lipinski definition) is 3. The van der Waals surface area contributed by atoms with E-state index in [0.29, 0.717) is 13.0 Å². The number of hydrogen-bond donors (Lipinski definition) is 1. The lowest BCUT2D eigenvalue weighted by Gasteiger charge is -2.27. The molecule has 4 heteroatoms. The van der Waals surface area contributed by atoms with Crippen molar-refractivity contribution in [2.45, 2.75) is 38.2 Å². The van der Waals surface area contributed by atoms with Gasteiger partial charge in [0.15, 0.2) is 0 Å². The van der Waals surface area contributed by atoms with E-state index >= 15 is 0 Å². The van der Waals surface area contributed by atoms with Crippen LogP contribution in [0.4, 0.5) is 0 Å². The molecule has 2 heterocycles. The number of ether oxygens (including phenoxy) is 1. The van der Waals surface area contributed by atoms with Gasteiger partial charge >= 0.3 is 0 Å². The molecule has 1 saturated heterocycles. The molecule has 120 valence electrons. The molecule has 2 aliphatic heterocycles. The molecule has 1 aromatic carbocycles. The Morgan fingerprint density at radius 1 is 1.23 bits per heavy atom. The topological polar surface area (TPSA) is 41.6 Å². The summed E-state index contributed by atoms with van der Waals surface area (Å²) in [6.45, 7) is 4.49. The zero-order chi connectivity index (χ0) is 15.2. The molecule has 0 spiro atoms. The molecule has 22 heavy (non-hydrogen) atoms. The fraction of sp³-hybridized carbons (Fsp3) is 0.611. The number of carbonyl (C=O) groups excluding carboxylic acids is 1. The summed E-state index contributed by atoms with van der Waals surface area (Å²) in [6.07, 6.45) is 5.44. The van der Waals surface area contributed by atoms with Crippen LogP contribution in [0.1, 0.15) is 42.9 Å². The third kappa shape index (κ3) is 4.08. The molecule has 0 bridgehead atoms. The smallest absolute Gasteiger partial charge is 0.221 e. The van der Waals surface area contributed by atoms with Crippen molar-refractivity contribution in [3.8, 4) is 0 Å². The fourth-order valence-electron chi connectivity index (χ4n) is 3.38. The summed E-state index contributed by atoms with van der Waals surface area (Å²) in [4.78, 5) is 14.4. The van der Waals surface area contributed by atoms with Gasteiger partial charge in [-0.15, -0.1) is 0 Å². The van der Waals surface area contributed by atoms with Crippen LogP contribution in [0.2, 0.25) is 0 Å². The number of rotatable bonds is 5. The minimum atomic E-state index is 0.00360. The van der Waals surface area contributed by atoms with E-state index in [1.807, 2.05) is 6.07 Å². The zero-order valence-corrected chi connectivity index (χ0v) is 13.2. The fourth-order valence-corrected chi connectivity index (χ4v) is 3.38. The Morgan fingerprint density at radius 3 is 2.91 bits per heavy atom. The minimum absolute atomic E-state index is 0.00360. The highest BCUT2D eigenvalue weighted by atomic mass is 16.5. The van der Waals surface area contributed by atoms with Crippen LogP contribution in [0.3, 0.4) is 0 Å². The first kappa shape index (κ1) is 15.5. The molecule has 3 rings (SSSR count). The first-order chi connectivity index (χ1) is 10.8. The highest BCUT2D eigenvalue weighted by Crippen LogP contribution is 2.26. The van der Waals surface area contributed by atoms with Crippen LogP contribution in [0.5, 0.6) is 0 Å². The number of likely N-dealkylation sites (tertiary alicyclic amines) is 1. The van der Waals surface area contributed by atoms with Gasteiger partial charge in [0.25, 0.3) is 0 Å². The third-order valence-electron chi connectivity index (χ3n) is 4.68. The summed E-state index contributed by atoms with van der Waals surface area (Å²) in [5.41, 5.74) is 2.58. The van der Waals surface area contributed by atoms with Crippen LogP contribution >= 0.6 is 0 Å². The summed E-state index contributed by atoms with van der Waals surface area (Å²) >= 11 is 0. The molecule has 1 N–H and O–H groups in total. The predicted molar refractivity (Wildman–Crippen MR) is 86.8 cm³/mol. The second kappa shape index (κ2) is 7.75. The first-order valence-electron chi connectivity index (χ1n) is 8.51. The van der Waals surface area contributed by atoms with Crippen LogP contribution < -0.4 is 5.32 Å². The molecule has 0 radical (unpaired) electrons. The van der Waals surface area contributed by atoms with Crippen molar-refractivity contribution in [2.24, 2.45) is 0 Å². The minimum Gasteiger partial charge on any atom is -0.371 e. The number of nitrogens with zero attached hydrogens (tertiary/aromatic N) is 1. The van der Waals surface area contributed by atoms with Crippen molar-refractivity contribution < 1.29 is 9.53 Å². The zero-order valence-electron chi connectivity index (χ0n) is 13.2. The monoisotopic (exact) mass is 302 g/mol. The van der Waals surface area contributed by atoms with Gasteiger partial charge in [-0.2, -0.15) is 0 Å². The van der Waals surface area contributed by atoms with E-state index in [9.17, 15) is 4.79 Å². The van der Waals surface area contributed by atoms with Crippen LogP contribution in [-0.2, 0) is 16.0 Å². The van der Waals surface area contributed by atoms with Crippen molar-refractivity contribution in [1.29, 1.82) is 0 Å². The largest absolute Gasteiger partial charge is 0.371 e. The highest BCUT2D eigenvalue weighted by Gasteiger charge is 2.21. The Kier molecular flexibility index (Phi) is 5.46. The van der Waals surface area contributed by atoms with Crippen LogP contribution in [0.15, 0.2) is 24.3 Å². The number of piperidine rings is 1. The van der Waals surface area contributed by atoms with E-state index in [0.717, 1.165) is 32.7 Å². The van der Waals surface area contributed by atoms with Gasteiger partial charge in [-0.1, -0.05) is 30.7 Å². The lowest BCUT2D eigenvalue weighted by atomic mass is 9.97. The van der Waals surface area contributed by atoms with Gasteiger partial charge < -0.3 is 15.0 Å². The summed E-state index contributed by atoms with van der Waals surface area (Å²) in [5.74, 6) is 0.136. The van der Waals surface area contributed by atoms with E-state index in [4.69, 9.17) is 4.74 Å². The summed E-state index contributed by atoms with van der Waals surface area (Å²) in [5, 5.41) is 3.04. The maximum atomic E-state index is 12.0. The van der Waals surface area contributed by atoms with Crippen LogP contribution in [-0.4, -0.2) is 43.6 Å². The average molecular weight is 302 g/mol. The van der Waals surface area contributed by atoms with E-state index in [1.54, 1.807) is 0 Å². The summed E-state index contributed by atoms with van der Waals surface area (Å²) in [7, 11) is 0. The van der Waals surface area contributed by atoms with Gasteiger partial charge in [0.1, 0.15) is 6.10 Å². The molecule has 0 saturated carbocycles. The number of fused-ring (bicyclic) bond motifs is 1. The number of benzene rings is 1. The second-order valence-electron chi connectivity index (χ2n) is 6.26. The maximum Gasteiger partial charge on any atom is 0.221 e. The molecular formula is C18H26N2O2. The summed E-state index contributed by atoms with van der Waals surface area (Å²) < 4.78 is 5.82. The van der Waals surface area contributed by atoms with Gasteiger partial charge in [-0.25, -0.2) is 0 Å². The van der Waals surface area contributed by atoms with Crippen molar-refractivity contribution in [3.05, 3.63) is 35.4 Å². The third-order valence-corrected chi connectivity index (χ3v) is 4.68. The quantitative estimate of drug-likeness (QED) is 0.907. The Bertz CT molecular complexity index is 498. The van der Waals surface area contributed by atoms with E-state index in [2.05, 4.69) is 28.4 Å². The molecule has 1 aromatic rings. The number of amides is 1. The maximum absolute atomic E-state index is 12.0. The Labute approximate surface area is 132 Å². The molecule has 0 aromatic heterocycles. The molecule has 0 unspecified atom stereocenters. The Hall–Kier alpha value is -1.39. The van der Waals surface area contributed by atoms with Gasteiger partial charge in [-0.05, 0) is 43.5 Å². The van der Waals surface area contributed by atoms with E-state index in [-0.39, 0.29) is 12.0 Å². The molecule has 2 aliphatic rings. The van der Waals surface area contributed by atoms with E-state index < -0.39 is 0 Å². The highest BCUT2D eigenvalue weighted by molar-refractivity contribution is 5.76.